The fourth-order valence-electron chi connectivity index (χ4n) is 1.80. The molecule has 17 heavy (non-hydrogen) atoms. The van der Waals surface area contributed by atoms with Crippen LogP contribution >= 0.6 is 23.2 Å². The van der Waals surface area contributed by atoms with Crippen molar-refractivity contribution in [3.63, 3.8) is 0 Å². The molecule has 4 nitrogen and oxygen atoms in total. The van der Waals surface area contributed by atoms with E-state index in [1.165, 1.54) is 0 Å². The number of aromatic nitrogens is 1. The van der Waals surface area contributed by atoms with Gasteiger partial charge in [-0.05, 0) is 12.5 Å². The topological polar surface area (TPSA) is 45.2 Å². The molecule has 0 atom stereocenters. The zero-order chi connectivity index (χ0) is 12.3. The molecule has 1 saturated heterocycles. The molecule has 0 unspecified atom stereocenters. The van der Waals surface area contributed by atoms with E-state index in [1.54, 1.807) is 12.3 Å². The van der Waals surface area contributed by atoms with Crippen molar-refractivity contribution in [1.82, 2.24) is 15.2 Å². The van der Waals surface area contributed by atoms with E-state index >= 15 is 0 Å². The summed E-state index contributed by atoms with van der Waals surface area (Å²) in [7, 11) is 0. The van der Waals surface area contributed by atoms with Gasteiger partial charge < -0.3 is 5.32 Å². The highest BCUT2D eigenvalue weighted by molar-refractivity contribution is 6.34. The molecule has 1 aromatic rings. The molecule has 92 valence electrons. The van der Waals surface area contributed by atoms with Gasteiger partial charge in [0.2, 0.25) is 5.91 Å². The van der Waals surface area contributed by atoms with Gasteiger partial charge in [0.15, 0.2) is 0 Å². The van der Waals surface area contributed by atoms with E-state index in [9.17, 15) is 4.79 Å². The third-order valence-corrected chi connectivity index (χ3v) is 3.19. The predicted molar refractivity (Wildman–Crippen MR) is 67.2 cm³/mol. The summed E-state index contributed by atoms with van der Waals surface area (Å²) in [5, 5.41) is 3.81. The van der Waals surface area contributed by atoms with Crippen LogP contribution in [-0.2, 0) is 11.3 Å². The van der Waals surface area contributed by atoms with Gasteiger partial charge in [-0.2, -0.15) is 0 Å². The van der Waals surface area contributed by atoms with Gasteiger partial charge in [0, 0.05) is 36.4 Å². The average Bonchev–Trinajstić information content (AvgIpc) is 2.47. The van der Waals surface area contributed by atoms with E-state index in [1.807, 2.05) is 0 Å². The molecule has 1 amide bonds. The maximum atomic E-state index is 11.4. The van der Waals surface area contributed by atoms with Crippen LogP contribution in [0, 0.1) is 0 Å². The second-order valence-electron chi connectivity index (χ2n) is 4.01. The fourth-order valence-corrected chi connectivity index (χ4v) is 2.22. The second-order valence-corrected chi connectivity index (χ2v) is 4.81. The van der Waals surface area contributed by atoms with Crippen LogP contribution in [0.5, 0.6) is 0 Å². The van der Waals surface area contributed by atoms with Crippen LogP contribution in [0.4, 0.5) is 0 Å². The lowest BCUT2D eigenvalue weighted by Gasteiger charge is -2.18. The highest BCUT2D eigenvalue weighted by Crippen LogP contribution is 2.20. The molecule has 2 rings (SSSR count). The molecule has 1 aliphatic rings. The Morgan fingerprint density at radius 3 is 3.06 bits per heavy atom. The van der Waals surface area contributed by atoms with Gasteiger partial charge in [-0.15, -0.1) is 0 Å². The lowest BCUT2D eigenvalue weighted by atomic mass is 10.2. The van der Waals surface area contributed by atoms with Crippen molar-refractivity contribution in [3.8, 4) is 0 Å². The van der Waals surface area contributed by atoms with Crippen molar-refractivity contribution in [1.29, 1.82) is 0 Å². The smallest absolute Gasteiger partial charge is 0.234 e. The zero-order valence-corrected chi connectivity index (χ0v) is 10.8. The summed E-state index contributed by atoms with van der Waals surface area (Å²) in [5.74, 6) is 0.0561. The van der Waals surface area contributed by atoms with Gasteiger partial charge in [-0.3, -0.25) is 9.69 Å². The highest BCUT2D eigenvalue weighted by Gasteiger charge is 2.15. The largest absolute Gasteiger partial charge is 0.355 e. The fraction of sp³-hybridized carbons (Fsp3) is 0.455. The first kappa shape index (κ1) is 12.6. The third kappa shape index (κ3) is 3.56. The van der Waals surface area contributed by atoms with Crippen LogP contribution in [0.3, 0.4) is 0 Å². The number of halogens is 2. The molecule has 6 heteroatoms. The minimum atomic E-state index is 0.0561. The van der Waals surface area contributed by atoms with E-state index < -0.39 is 0 Å². The van der Waals surface area contributed by atoms with Gasteiger partial charge in [-0.1, -0.05) is 23.2 Å². The lowest BCUT2D eigenvalue weighted by Crippen LogP contribution is -2.32. The summed E-state index contributed by atoms with van der Waals surface area (Å²) < 4.78 is 0. The molecule has 0 aliphatic carbocycles. The number of amides is 1. The number of hydrogen-bond acceptors (Lipinski definition) is 3. The minimum absolute atomic E-state index is 0.0561. The lowest BCUT2D eigenvalue weighted by molar-refractivity contribution is -0.121. The van der Waals surface area contributed by atoms with E-state index in [0.29, 0.717) is 23.3 Å². The Balaban J connectivity index is 2.06. The van der Waals surface area contributed by atoms with Gasteiger partial charge in [0.05, 0.1) is 6.54 Å². The summed E-state index contributed by atoms with van der Waals surface area (Å²) in [6, 6.07) is 1.62. The van der Waals surface area contributed by atoms with Gasteiger partial charge in [0.1, 0.15) is 5.15 Å². The number of carbonyl (C=O) groups excluding carboxylic acids is 1. The van der Waals surface area contributed by atoms with Crippen molar-refractivity contribution in [2.24, 2.45) is 0 Å². The first-order valence-corrected chi connectivity index (χ1v) is 6.20. The number of carbonyl (C=O) groups is 1. The van der Waals surface area contributed by atoms with Crippen LogP contribution < -0.4 is 5.32 Å². The summed E-state index contributed by atoms with van der Waals surface area (Å²) in [5.41, 5.74) is 0.894. The van der Waals surface area contributed by atoms with E-state index in [-0.39, 0.29) is 5.91 Å². The summed E-state index contributed by atoms with van der Waals surface area (Å²) >= 11 is 11.8. The molecular formula is C11H13Cl2N3O. The number of nitrogens with one attached hydrogen (secondary N) is 1. The molecule has 1 N–H and O–H groups in total. The normalized spacial score (nSPS) is 17.6. The Kier molecular flexibility index (Phi) is 4.20. The first-order chi connectivity index (χ1) is 8.15. The summed E-state index contributed by atoms with van der Waals surface area (Å²) in [6.07, 6.45) is 2.61. The van der Waals surface area contributed by atoms with E-state index in [4.69, 9.17) is 23.2 Å². The van der Waals surface area contributed by atoms with Crippen molar-refractivity contribution in [2.75, 3.05) is 19.6 Å². The zero-order valence-electron chi connectivity index (χ0n) is 9.25. The van der Waals surface area contributed by atoms with Crippen molar-refractivity contribution in [3.05, 3.63) is 28.0 Å². The molecule has 2 heterocycles. The van der Waals surface area contributed by atoms with Crippen LogP contribution in [-0.4, -0.2) is 35.4 Å². The Labute approximate surface area is 110 Å². The summed E-state index contributed by atoms with van der Waals surface area (Å²) in [6.45, 7) is 2.63. The molecule has 0 radical (unpaired) electrons. The molecule has 1 aromatic heterocycles. The Bertz CT molecular complexity index is 425. The molecule has 0 spiro atoms. The number of hydrogen-bond donors (Lipinski definition) is 1. The van der Waals surface area contributed by atoms with Gasteiger partial charge in [-0.25, -0.2) is 4.98 Å². The quantitative estimate of drug-likeness (QED) is 0.835. The first-order valence-electron chi connectivity index (χ1n) is 5.44. The molecule has 1 aliphatic heterocycles. The maximum absolute atomic E-state index is 11.4. The van der Waals surface area contributed by atoms with Gasteiger partial charge in [0.25, 0.3) is 0 Å². The number of pyridine rings is 1. The Hall–Kier alpha value is -0.840. The number of nitrogens with zero attached hydrogens (tertiary/aromatic N) is 2. The van der Waals surface area contributed by atoms with E-state index in [2.05, 4.69) is 15.2 Å². The molecule has 1 fully saturated rings. The van der Waals surface area contributed by atoms with E-state index in [0.717, 1.165) is 25.1 Å². The molecule has 0 bridgehead atoms. The molecule has 0 saturated carbocycles. The monoisotopic (exact) mass is 273 g/mol. The Morgan fingerprint density at radius 1 is 1.47 bits per heavy atom. The third-order valence-electron chi connectivity index (χ3n) is 2.63. The highest BCUT2D eigenvalue weighted by atomic mass is 35.5. The molecule has 0 aromatic carbocycles. The van der Waals surface area contributed by atoms with Crippen molar-refractivity contribution < 1.29 is 4.79 Å². The average molecular weight is 274 g/mol. The second kappa shape index (κ2) is 5.67. The van der Waals surface area contributed by atoms with Crippen molar-refractivity contribution >= 4 is 29.1 Å². The number of rotatable bonds is 2. The van der Waals surface area contributed by atoms with Crippen LogP contribution in [0.2, 0.25) is 10.2 Å². The SMILES string of the molecule is O=C1CN(Cc2cnc(Cl)cc2Cl)CCCN1. The Morgan fingerprint density at radius 2 is 2.29 bits per heavy atom. The standard InChI is InChI=1S/C11H13Cl2N3O/c12-9-4-10(13)15-5-8(9)6-16-3-1-2-14-11(17)7-16/h4-5H,1-3,6-7H2,(H,14,17). The van der Waals surface area contributed by atoms with Crippen LogP contribution in [0.1, 0.15) is 12.0 Å². The molecular weight excluding hydrogens is 261 g/mol. The van der Waals surface area contributed by atoms with Gasteiger partial charge >= 0.3 is 0 Å². The maximum Gasteiger partial charge on any atom is 0.234 e. The van der Waals surface area contributed by atoms with Crippen LogP contribution in [0.15, 0.2) is 12.3 Å². The van der Waals surface area contributed by atoms with Crippen LogP contribution in [0.25, 0.3) is 0 Å². The summed E-state index contributed by atoms with van der Waals surface area (Å²) in [4.78, 5) is 17.5. The predicted octanol–water partition coefficient (Wildman–Crippen LogP) is 1.71. The minimum Gasteiger partial charge on any atom is -0.355 e. The van der Waals surface area contributed by atoms with Crippen molar-refractivity contribution in [2.45, 2.75) is 13.0 Å².